The highest BCUT2D eigenvalue weighted by Gasteiger charge is 2.21. The van der Waals surface area contributed by atoms with E-state index in [1.54, 1.807) is 0 Å². The van der Waals surface area contributed by atoms with Crippen molar-refractivity contribution in [2.24, 2.45) is 0 Å². The highest BCUT2D eigenvalue weighted by Crippen LogP contribution is 2.30. The summed E-state index contributed by atoms with van der Waals surface area (Å²) in [6.07, 6.45) is 2.99. The molecule has 1 amide bonds. The Morgan fingerprint density at radius 1 is 1.03 bits per heavy atom. The Morgan fingerprint density at radius 3 is 2.76 bits per heavy atom. The van der Waals surface area contributed by atoms with Crippen molar-refractivity contribution in [1.82, 2.24) is 5.32 Å². The summed E-state index contributed by atoms with van der Waals surface area (Å²) >= 11 is 0. The molecule has 0 spiro atoms. The van der Waals surface area contributed by atoms with Crippen molar-refractivity contribution in [3.63, 3.8) is 0 Å². The summed E-state index contributed by atoms with van der Waals surface area (Å²) in [5, 5.41) is 2.68. The van der Waals surface area contributed by atoms with E-state index in [4.69, 9.17) is 18.9 Å². The number of para-hydroxylation sites is 2. The third-order valence-corrected chi connectivity index (χ3v) is 4.89. The molecule has 2 aromatic rings. The number of amides is 1. The Balaban J connectivity index is 1.14. The summed E-state index contributed by atoms with van der Waals surface area (Å²) in [7, 11) is 0. The van der Waals surface area contributed by atoms with Gasteiger partial charge < -0.3 is 24.3 Å². The van der Waals surface area contributed by atoms with Gasteiger partial charge in [-0.25, -0.2) is 4.79 Å². The van der Waals surface area contributed by atoms with Crippen LogP contribution in [0.1, 0.15) is 17.5 Å². The van der Waals surface area contributed by atoms with E-state index in [0.717, 1.165) is 19.3 Å². The van der Waals surface area contributed by atoms with Crippen LogP contribution in [0.5, 0.6) is 17.2 Å². The smallest absolute Gasteiger partial charge is 0.344 e. The van der Waals surface area contributed by atoms with Gasteiger partial charge in [-0.2, -0.15) is 0 Å². The molecule has 2 aliphatic rings. The number of hydrogen-bond acceptors (Lipinski definition) is 6. The summed E-state index contributed by atoms with van der Waals surface area (Å²) in [6, 6.07) is 13.2. The Labute approximate surface area is 168 Å². The van der Waals surface area contributed by atoms with Gasteiger partial charge in [0.1, 0.15) is 18.5 Å². The number of ether oxygens (including phenoxy) is 4. The first-order valence-electron chi connectivity index (χ1n) is 9.73. The van der Waals surface area contributed by atoms with Crippen molar-refractivity contribution in [2.75, 3.05) is 26.4 Å². The van der Waals surface area contributed by atoms with Gasteiger partial charge in [0, 0.05) is 0 Å². The zero-order valence-electron chi connectivity index (χ0n) is 16.0. The van der Waals surface area contributed by atoms with Crippen LogP contribution in [0.4, 0.5) is 0 Å². The molecule has 152 valence electrons. The molecule has 7 heteroatoms. The number of carbonyl (C=O) groups excluding carboxylic acids is 2. The molecule has 0 unspecified atom stereocenters. The first-order valence-corrected chi connectivity index (χ1v) is 9.73. The zero-order chi connectivity index (χ0) is 20.1. The topological polar surface area (TPSA) is 83.1 Å². The summed E-state index contributed by atoms with van der Waals surface area (Å²) in [6.45, 7) is 0.00101. The maximum Gasteiger partial charge on any atom is 0.344 e. The highest BCUT2D eigenvalue weighted by atomic mass is 16.6. The van der Waals surface area contributed by atoms with E-state index < -0.39 is 11.9 Å². The lowest BCUT2D eigenvalue weighted by molar-refractivity contribution is -0.150. The molecule has 1 heterocycles. The molecule has 1 N–H and O–H groups in total. The summed E-state index contributed by atoms with van der Waals surface area (Å²) < 4.78 is 21.8. The van der Waals surface area contributed by atoms with Crippen LogP contribution in [0.3, 0.4) is 0 Å². The summed E-state index contributed by atoms with van der Waals surface area (Å²) in [4.78, 5) is 23.7. The predicted molar refractivity (Wildman–Crippen MR) is 104 cm³/mol. The van der Waals surface area contributed by atoms with Crippen molar-refractivity contribution in [3.8, 4) is 17.2 Å². The van der Waals surface area contributed by atoms with Gasteiger partial charge in [-0.15, -0.1) is 0 Å². The van der Waals surface area contributed by atoms with Crippen molar-refractivity contribution >= 4 is 11.9 Å². The molecule has 1 aliphatic heterocycles. The molecule has 1 aliphatic carbocycles. The van der Waals surface area contributed by atoms with E-state index in [2.05, 4.69) is 5.32 Å². The monoisotopic (exact) mass is 397 g/mol. The van der Waals surface area contributed by atoms with Crippen molar-refractivity contribution in [3.05, 3.63) is 53.6 Å². The molecule has 2 aromatic carbocycles. The highest BCUT2D eigenvalue weighted by molar-refractivity contribution is 5.80. The molecule has 0 saturated heterocycles. The number of fused-ring (bicyclic) bond motifs is 2. The summed E-state index contributed by atoms with van der Waals surface area (Å²) in [5.74, 6) is 0.979. The van der Waals surface area contributed by atoms with E-state index in [-0.39, 0.29) is 25.9 Å². The third-order valence-electron chi connectivity index (χ3n) is 4.89. The van der Waals surface area contributed by atoms with E-state index in [1.807, 2.05) is 42.5 Å². The van der Waals surface area contributed by atoms with Gasteiger partial charge in [-0.05, 0) is 54.7 Å². The van der Waals surface area contributed by atoms with Crippen LogP contribution < -0.4 is 19.5 Å². The minimum absolute atomic E-state index is 0.234. The molecule has 0 aromatic heterocycles. The number of hydrogen-bond donors (Lipinski definition) is 1. The largest absolute Gasteiger partial charge is 0.486 e. The molecule has 0 radical (unpaired) electrons. The quantitative estimate of drug-likeness (QED) is 0.720. The standard InChI is InChI=1S/C22H23NO6/c24-21(23-11-18-12-27-19-6-1-2-7-20(19)29-18)13-28-22(25)14-26-17-9-8-15-4-3-5-16(15)10-17/h1-2,6-10,18H,3-5,11-14H2,(H,23,24)/t18-/m1/s1. The van der Waals surface area contributed by atoms with Gasteiger partial charge in [0.25, 0.3) is 5.91 Å². The van der Waals surface area contributed by atoms with Gasteiger partial charge >= 0.3 is 5.97 Å². The van der Waals surface area contributed by atoms with Crippen molar-refractivity contribution in [2.45, 2.75) is 25.4 Å². The first-order chi connectivity index (χ1) is 14.2. The summed E-state index contributed by atoms with van der Waals surface area (Å²) in [5.41, 5.74) is 2.61. The van der Waals surface area contributed by atoms with Crippen LogP contribution in [0.2, 0.25) is 0 Å². The van der Waals surface area contributed by atoms with Gasteiger partial charge in [0.05, 0.1) is 6.54 Å². The van der Waals surface area contributed by atoms with Crippen LogP contribution in [0.25, 0.3) is 0 Å². The average Bonchev–Trinajstić information content (AvgIpc) is 3.22. The van der Waals surface area contributed by atoms with Gasteiger partial charge in [-0.3, -0.25) is 4.79 Å². The minimum atomic E-state index is -0.591. The Bertz CT molecular complexity index is 897. The number of nitrogens with one attached hydrogen (secondary N) is 1. The number of carbonyl (C=O) groups is 2. The lowest BCUT2D eigenvalue weighted by Gasteiger charge is -2.26. The fourth-order valence-electron chi connectivity index (χ4n) is 3.41. The molecule has 0 saturated carbocycles. The second-order valence-electron chi connectivity index (χ2n) is 7.04. The Morgan fingerprint density at radius 2 is 1.86 bits per heavy atom. The molecule has 7 nitrogen and oxygen atoms in total. The third kappa shape index (κ3) is 4.99. The van der Waals surface area contributed by atoms with Gasteiger partial charge in [0.15, 0.2) is 24.7 Å². The second-order valence-corrected chi connectivity index (χ2v) is 7.04. The minimum Gasteiger partial charge on any atom is -0.486 e. The van der Waals surface area contributed by atoms with E-state index in [9.17, 15) is 9.59 Å². The number of rotatable bonds is 7. The van der Waals surface area contributed by atoms with Crippen LogP contribution >= 0.6 is 0 Å². The molecule has 1 atom stereocenters. The average molecular weight is 397 g/mol. The predicted octanol–water partition coefficient (Wildman–Crippen LogP) is 2.05. The maximum absolute atomic E-state index is 11.9. The van der Waals surface area contributed by atoms with Crippen LogP contribution in [0.15, 0.2) is 42.5 Å². The molecular formula is C22H23NO6. The van der Waals surface area contributed by atoms with Crippen LogP contribution in [-0.2, 0) is 27.2 Å². The lowest BCUT2D eigenvalue weighted by Crippen LogP contribution is -2.42. The van der Waals surface area contributed by atoms with E-state index >= 15 is 0 Å². The fourth-order valence-corrected chi connectivity index (χ4v) is 3.41. The molecular weight excluding hydrogens is 374 g/mol. The van der Waals surface area contributed by atoms with Gasteiger partial charge in [-0.1, -0.05) is 18.2 Å². The fraction of sp³-hybridized carbons (Fsp3) is 0.364. The van der Waals surface area contributed by atoms with Crippen LogP contribution in [0, 0.1) is 0 Å². The van der Waals surface area contributed by atoms with E-state index in [1.165, 1.54) is 11.1 Å². The van der Waals surface area contributed by atoms with Gasteiger partial charge in [0.2, 0.25) is 0 Å². The van der Waals surface area contributed by atoms with Crippen LogP contribution in [-0.4, -0.2) is 44.3 Å². The van der Waals surface area contributed by atoms with E-state index in [0.29, 0.717) is 23.9 Å². The van der Waals surface area contributed by atoms with Crippen molar-refractivity contribution < 1.29 is 28.5 Å². The number of esters is 1. The number of benzene rings is 2. The molecule has 29 heavy (non-hydrogen) atoms. The molecule has 4 rings (SSSR count). The molecule has 0 fully saturated rings. The Hall–Kier alpha value is -3.22. The first kappa shape index (κ1) is 19.1. The second kappa shape index (κ2) is 8.86. The lowest BCUT2D eigenvalue weighted by atomic mass is 10.1. The zero-order valence-corrected chi connectivity index (χ0v) is 16.0. The Kier molecular flexibility index (Phi) is 5.84. The normalized spacial score (nSPS) is 16.6. The van der Waals surface area contributed by atoms with Crippen molar-refractivity contribution in [1.29, 1.82) is 0 Å². The number of aryl methyl sites for hydroxylation is 2. The SMILES string of the molecule is O=C(COC(=O)COc1ccc2c(c1)CCC2)NC[C@@H]1COc2ccccc2O1. The molecule has 0 bridgehead atoms. The maximum atomic E-state index is 11.9.